The summed E-state index contributed by atoms with van der Waals surface area (Å²) >= 11 is 6.13. The smallest absolute Gasteiger partial charge is 0.137 e. The topological polar surface area (TPSA) is 20.3 Å². The largest absolute Gasteiger partial charge is 0.364 e. The van der Waals surface area contributed by atoms with E-state index in [1.165, 1.54) is 17.7 Å². The number of halogens is 1. The molecule has 0 saturated carbocycles. The van der Waals surface area contributed by atoms with Gasteiger partial charge >= 0.3 is 0 Å². The lowest BCUT2D eigenvalue weighted by Crippen LogP contribution is -2.52. The number of ketones is 1. The second-order valence-corrected chi connectivity index (χ2v) is 5.96. The van der Waals surface area contributed by atoms with E-state index in [1.54, 1.807) is 0 Å². The first-order valence-electron chi connectivity index (χ1n) is 6.71. The van der Waals surface area contributed by atoms with Gasteiger partial charge in [0.1, 0.15) is 5.78 Å². The van der Waals surface area contributed by atoms with Crippen LogP contribution >= 0.6 is 11.6 Å². The third-order valence-corrected chi connectivity index (χ3v) is 4.47. The Kier molecular flexibility index (Phi) is 3.06. The molecule has 2 unspecified atom stereocenters. The molecule has 0 aromatic heterocycles. The molecular formula is C15H18ClNO. The van der Waals surface area contributed by atoms with Crippen LogP contribution in [0.4, 0.5) is 5.69 Å². The molecular weight excluding hydrogens is 246 g/mol. The molecule has 0 aliphatic carbocycles. The first-order valence-corrected chi connectivity index (χ1v) is 7.09. The van der Waals surface area contributed by atoms with Crippen molar-refractivity contribution in [2.75, 3.05) is 4.90 Å². The van der Waals surface area contributed by atoms with Crippen LogP contribution in [0.2, 0.25) is 5.02 Å². The van der Waals surface area contributed by atoms with Crippen LogP contribution < -0.4 is 4.90 Å². The van der Waals surface area contributed by atoms with Crippen molar-refractivity contribution in [3.05, 3.63) is 28.8 Å². The Hall–Kier alpha value is -1.02. The van der Waals surface area contributed by atoms with Gasteiger partial charge in [-0.2, -0.15) is 0 Å². The number of hydrogen-bond donors (Lipinski definition) is 0. The summed E-state index contributed by atoms with van der Waals surface area (Å²) in [4.78, 5) is 14.2. The minimum Gasteiger partial charge on any atom is -0.364 e. The number of hydrogen-bond acceptors (Lipinski definition) is 2. The Labute approximate surface area is 113 Å². The van der Waals surface area contributed by atoms with Gasteiger partial charge in [0.05, 0.1) is 0 Å². The predicted molar refractivity (Wildman–Crippen MR) is 74.3 cm³/mol. The Morgan fingerprint density at radius 2 is 1.89 bits per heavy atom. The fraction of sp³-hybridized carbons (Fsp3) is 0.533. The quantitative estimate of drug-likeness (QED) is 0.769. The van der Waals surface area contributed by atoms with Crippen molar-refractivity contribution in [3.8, 4) is 0 Å². The van der Waals surface area contributed by atoms with Crippen molar-refractivity contribution in [2.24, 2.45) is 0 Å². The zero-order chi connectivity index (χ0) is 12.7. The summed E-state index contributed by atoms with van der Waals surface area (Å²) in [6.07, 6.45) is 4.94. The van der Waals surface area contributed by atoms with Crippen molar-refractivity contribution in [1.29, 1.82) is 0 Å². The van der Waals surface area contributed by atoms with E-state index < -0.39 is 0 Å². The third kappa shape index (κ3) is 2.03. The van der Waals surface area contributed by atoms with Crippen LogP contribution in [0.25, 0.3) is 0 Å². The SMILES string of the molecule is Cc1ccc(Cl)cc1N1C2CCCC1CC(=O)C2. The summed E-state index contributed by atoms with van der Waals surface area (Å²) in [5.41, 5.74) is 2.48. The van der Waals surface area contributed by atoms with E-state index in [9.17, 15) is 4.79 Å². The molecule has 2 aliphatic heterocycles. The molecule has 0 spiro atoms. The summed E-state index contributed by atoms with van der Waals surface area (Å²) in [7, 11) is 0. The van der Waals surface area contributed by atoms with E-state index in [0.29, 0.717) is 30.7 Å². The van der Waals surface area contributed by atoms with Gasteiger partial charge in [-0.05, 0) is 43.9 Å². The number of anilines is 1. The summed E-state index contributed by atoms with van der Waals surface area (Å²) in [5.74, 6) is 0.431. The Balaban J connectivity index is 2.00. The van der Waals surface area contributed by atoms with Crippen molar-refractivity contribution in [3.63, 3.8) is 0 Å². The molecule has 0 amide bonds. The number of piperidine rings is 2. The predicted octanol–water partition coefficient (Wildman–Crippen LogP) is 3.74. The third-order valence-electron chi connectivity index (χ3n) is 4.24. The molecule has 1 aromatic rings. The van der Waals surface area contributed by atoms with Gasteiger partial charge < -0.3 is 4.90 Å². The van der Waals surface area contributed by atoms with Crippen LogP contribution in [0.3, 0.4) is 0 Å². The molecule has 3 heteroatoms. The van der Waals surface area contributed by atoms with Gasteiger partial charge in [-0.1, -0.05) is 17.7 Å². The number of carbonyl (C=O) groups excluding carboxylic acids is 1. The monoisotopic (exact) mass is 263 g/mol. The van der Waals surface area contributed by atoms with Gasteiger partial charge in [0, 0.05) is 35.6 Å². The van der Waals surface area contributed by atoms with E-state index in [-0.39, 0.29) is 0 Å². The number of rotatable bonds is 1. The normalized spacial score (nSPS) is 27.4. The maximum atomic E-state index is 11.8. The van der Waals surface area contributed by atoms with E-state index in [1.807, 2.05) is 6.07 Å². The van der Waals surface area contributed by atoms with Gasteiger partial charge in [-0.15, -0.1) is 0 Å². The average molecular weight is 264 g/mol. The first-order chi connectivity index (χ1) is 8.65. The van der Waals surface area contributed by atoms with Gasteiger partial charge in [-0.3, -0.25) is 4.79 Å². The molecule has 18 heavy (non-hydrogen) atoms. The second kappa shape index (κ2) is 4.58. The average Bonchev–Trinajstić information content (AvgIpc) is 2.31. The zero-order valence-electron chi connectivity index (χ0n) is 10.7. The molecule has 1 aromatic carbocycles. The van der Waals surface area contributed by atoms with E-state index >= 15 is 0 Å². The molecule has 2 aliphatic rings. The Morgan fingerprint density at radius 3 is 2.56 bits per heavy atom. The fourth-order valence-corrected chi connectivity index (χ4v) is 3.60. The molecule has 2 saturated heterocycles. The molecule has 2 heterocycles. The van der Waals surface area contributed by atoms with Crippen molar-refractivity contribution >= 4 is 23.1 Å². The van der Waals surface area contributed by atoms with Crippen LogP contribution in [0.15, 0.2) is 18.2 Å². The lowest BCUT2D eigenvalue weighted by molar-refractivity contribution is -0.121. The highest BCUT2D eigenvalue weighted by Gasteiger charge is 2.38. The van der Waals surface area contributed by atoms with E-state index in [0.717, 1.165) is 17.9 Å². The summed E-state index contributed by atoms with van der Waals surface area (Å²) < 4.78 is 0. The highest BCUT2D eigenvalue weighted by Crippen LogP contribution is 2.38. The standard InChI is InChI=1S/C15H18ClNO/c1-10-5-6-11(16)7-15(10)17-12-3-2-4-13(17)9-14(18)8-12/h5-7,12-13H,2-4,8-9H2,1H3. The molecule has 0 radical (unpaired) electrons. The van der Waals surface area contributed by atoms with Crippen molar-refractivity contribution in [2.45, 2.75) is 51.1 Å². The van der Waals surface area contributed by atoms with Crippen LogP contribution in [-0.4, -0.2) is 17.9 Å². The molecule has 3 rings (SSSR count). The van der Waals surface area contributed by atoms with Crippen molar-refractivity contribution < 1.29 is 4.79 Å². The Morgan fingerprint density at radius 1 is 1.22 bits per heavy atom. The summed E-state index contributed by atoms with van der Waals surface area (Å²) in [6.45, 7) is 2.12. The summed E-state index contributed by atoms with van der Waals surface area (Å²) in [5, 5.41) is 0.783. The van der Waals surface area contributed by atoms with Gasteiger partial charge in [0.15, 0.2) is 0 Å². The highest BCUT2D eigenvalue weighted by atomic mass is 35.5. The molecule has 0 N–H and O–H groups in total. The lowest BCUT2D eigenvalue weighted by Gasteiger charge is -2.47. The van der Waals surface area contributed by atoms with Gasteiger partial charge in [-0.25, -0.2) is 0 Å². The molecule has 2 fully saturated rings. The number of fused-ring (bicyclic) bond motifs is 2. The molecule has 2 atom stereocenters. The van der Waals surface area contributed by atoms with Crippen LogP contribution in [0, 0.1) is 6.92 Å². The highest BCUT2D eigenvalue weighted by molar-refractivity contribution is 6.30. The maximum absolute atomic E-state index is 11.8. The number of Topliss-reactive ketones (excluding diaryl/α,β-unsaturated/α-hetero) is 1. The Bertz CT molecular complexity index is 469. The summed E-state index contributed by atoms with van der Waals surface area (Å²) in [6, 6.07) is 6.84. The number of carbonyl (C=O) groups is 1. The maximum Gasteiger partial charge on any atom is 0.137 e. The van der Waals surface area contributed by atoms with Crippen LogP contribution in [-0.2, 0) is 4.79 Å². The number of nitrogens with zero attached hydrogens (tertiary/aromatic N) is 1. The van der Waals surface area contributed by atoms with E-state index in [2.05, 4.69) is 24.0 Å². The van der Waals surface area contributed by atoms with Gasteiger partial charge in [0.2, 0.25) is 0 Å². The second-order valence-electron chi connectivity index (χ2n) is 5.52. The molecule has 96 valence electrons. The lowest BCUT2D eigenvalue weighted by atomic mass is 9.83. The zero-order valence-corrected chi connectivity index (χ0v) is 11.4. The number of aryl methyl sites for hydroxylation is 1. The first kappa shape index (κ1) is 12.0. The van der Waals surface area contributed by atoms with Crippen LogP contribution in [0.5, 0.6) is 0 Å². The minimum absolute atomic E-state index is 0.391. The van der Waals surface area contributed by atoms with Crippen LogP contribution in [0.1, 0.15) is 37.7 Å². The van der Waals surface area contributed by atoms with Crippen molar-refractivity contribution in [1.82, 2.24) is 0 Å². The fourth-order valence-electron chi connectivity index (χ4n) is 3.43. The van der Waals surface area contributed by atoms with E-state index in [4.69, 9.17) is 11.6 Å². The van der Waals surface area contributed by atoms with Gasteiger partial charge in [0.25, 0.3) is 0 Å². The molecule has 2 bridgehead atoms. The molecule has 2 nitrogen and oxygen atoms in total. The minimum atomic E-state index is 0.391. The number of benzene rings is 1.